The first-order chi connectivity index (χ1) is 8.77. The normalized spacial score (nSPS) is 18.2. The molecule has 0 fully saturated rings. The van der Waals surface area contributed by atoms with Crippen molar-refractivity contribution in [1.29, 1.82) is 0 Å². The van der Waals surface area contributed by atoms with E-state index >= 15 is 0 Å². The third kappa shape index (κ3) is 1.61. The van der Waals surface area contributed by atoms with Gasteiger partial charge in [-0.15, -0.1) is 0 Å². The molecular formula is C13H11N3O2. The number of carbonyl (C=O) groups excluding carboxylic acids is 1. The van der Waals surface area contributed by atoms with Gasteiger partial charge in [0.25, 0.3) is 5.91 Å². The summed E-state index contributed by atoms with van der Waals surface area (Å²) >= 11 is 0. The molecule has 0 saturated heterocycles. The molecule has 90 valence electrons. The van der Waals surface area contributed by atoms with Crippen molar-refractivity contribution in [3.63, 3.8) is 0 Å². The highest BCUT2D eigenvalue weighted by Gasteiger charge is 2.31. The fourth-order valence-electron chi connectivity index (χ4n) is 2.01. The molecular weight excluding hydrogens is 230 g/mol. The Bertz CT molecular complexity index is 586. The van der Waals surface area contributed by atoms with E-state index in [4.69, 9.17) is 0 Å². The van der Waals surface area contributed by atoms with E-state index in [0.717, 1.165) is 5.56 Å². The van der Waals surface area contributed by atoms with Crippen LogP contribution >= 0.6 is 0 Å². The number of anilines is 1. The van der Waals surface area contributed by atoms with Crippen molar-refractivity contribution in [3.05, 3.63) is 59.9 Å². The number of nitrogens with zero attached hydrogens (tertiary/aromatic N) is 2. The Balaban J connectivity index is 2.04. The molecule has 18 heavy (non-hydrogen) atoms. The number of para-hydroxylation sites is 1. The van der Waals surface area contributed by atoms with Crippen LogP contribution in [0.15, 0.2) is 48.8 Å². The van der Waals surface area contributed by atoms with Crippen LogP contribution in [0.4, 0.5) is 5.69 Å². The van der Waals surface area contributed by atoms with E-state index in [1.807, 2.05) is 12.1 Å². The van der Waals surface area contributed by atoms with Gasteiger partial charge < -0.3 is 5.32 Å². The summed E-state index contributed by atoms with van der Waals surface area (Å²) in [6.45, 7) is 0. The Morgan fingerprint density at radius 2 is 2.06 bits per heavy atom. The van der Waals surface area contributed by atoms with E-state index in [1.165, 1.54) is 0 Å². The van der Waals surface area contributed by atoms with Crippen LogP contribution in [-0.2, 0) is 0 Å². The van der Waals surface area contributed by atoms with Gasteiger partial charge in [-0.05, 0) is 18.2 Å². The second-order valence-corrected chi connectivity index (χ2v) is 4.03. The number of nitrogens with one attached hydrogen (secondary N) is 1. The average Bonchev–Trinajstić information content (AvgIpc) is 2.44. The lowest BCUT2D eigenvalue weighted by atomic mass is 10.1. The van der Waals surface area contributed by atoms with Crippen LogP contribution in [0.25, 0.3) is 0 Å². The van der Waals surface area contributed by atoms with Crippen LogP contribution < -0.4 is 5.32 Å². The van der Waals surface area contributed by atoms with Crippen LogP contribution in [0.2, 0.25) is 0 Å². The van der Waals surface area contributed by atoms with Gasteiger partial charge in [0.1, 0.15) is 0 Å². The summed E-state index contributed by atoms with van der Waals surface area (Å²) in [6.07, 6.45) is 2.65. The Morgan fingerprint density at radius 1 is 1.22 bits per heavy atom. The first-order valence-electron chi connectivity index (χ1n) is 5.55. The highest BCUT2D eigenvalue weighted by atomic mass is 16.5. The zero-order valence-corrected chi connectivity index (χ0v) is 9.45. The van der Waals surface area contributed by atoms with Gasteiger partial charge in [-0.1, -0.05) is 18.2 Å². The van der Waals surface area contributed by atoms with Crippen LogP contribution in [0.1, 0.15) is 22.1 Å². The van der Waals surface area contributed by atoms with Gasteiger partial charge in [0.15, 0.2) is 6.17 Å². The van der Waals surface area contributed by atoms with Gasteiger partial charge in [0, 0.05) is 23.6 Å². The van der Waals surface area contributed by atoms with Crippen LogP contribution in [0.3, 0.4) is 0 Å². The molecule has 0 spiro atoms. The number of aromatic nitrogens is 1. The molecule has 2 aromatic rings. The van der Waals surface area contributed by atoms with Crippen molar-refractivity contribution in [1.82, 2.24) is 10.0 Å². The monoisotopic (exact) mass is 241 g/mol. The quantitative estimate of drug-likeness (QED) is 0.750. The average molecular weight is 241 g/mol. The number of rotatable bonds is 1. The largest absolute Gasteiger partial charge is 0.359 e. The zero-order valence-electron chi connectivity index (χ0n) is 9.45. The van der Waals surface area contributed by atoms with Crippen molar-refractivity contribution in [2.24, 2.45) is 0 Å². The number of hydrogen-bond donors (Lipinski definition) is 2. The maximum atomic E-state index is 12.0. The van der Waals surface area contributed by atoms with E-state index < -0.39 is 12.1 Å². The number of benzene rings is 1. The molecule has 0 bridgehead atoms. The molecule has 0 aliphatic carbocycles. The number of hydroxylamine groups is 2. The Kier molecular flexibility index (Phi) is 2.46. The van der Waals surface area contributed by atoms with E-state index in [0.29, 0.717) is 16.3 Å². The van der Waals surface area contributed by atoms with E-state index in [2.05, 4.69) is 10.3 Å². The predicted octanol–water partition coefficient (Wildman–Crippen LogP) is 2.04. The topological polar surface area (TPSA) is 65.5 Å². The second-order valence-electron chi connectivity index (χ2n) is 4.03. The number of fused-ring (bicyclic) bond motifs is 1. The van der Waals surface area contributed by atoms with Crippen molar-refractivity contribution >= 4 is 11.6 Å². The lowest BCUT2D eigenvalue weighted by molar-refractivity contribution is -0.0852. The summed E-state index contributed by atoms with van der Waals surface area (Å²) in [7, 11) is 0. The minimum atomic E-state index is -0.610. The molecule has 5 heteroatoms. The molecule has 1 aromatic carbocycles. The van der Waals surface area contributed by atoms with E-state index in [-0.39, 0.29) is 0 Å². The first kappa shape index (κ1) is 10.7. The lowest BCUT2D eigenvalue weighted by Crippen LogP contribution is -2.40. The molecule has 3 rings (SSSR count). The summed E-state index contributed by atoms with van der Waals surface area (Å²) in [5.74, 6) is -0.418. The summed E-state index contributed by atoms with van der Waals surface area (Å²) in [5.41, 5.74) is 1.89. The molecule has 2 heterocycles. The standard InChI is InChI=1S/C13H11N3O2/c17-13-10-5-1-2-6-11(10)15-12(16(13)18)9-4-3-7-14-8-9/h1-8,12,15,18H. The fourth-order valence-corrected chi connectivity index (χ4v) is 2.01. The molecule has 2 N–H and O–H groups in total. The van der Waals surface area contributed by atoms with Crippen molar-refractivity contribution in [2.45, 2.75) is 6.17 Å². The smallest absolute Gasteiger partial charge is 0.281 e. The minimum absolute atomic E-state index is 0.418. The number of pyridine rings is 1. The van der Waals surface area contributed by atoms with E-state index in [9.17, 15) is 10.0 Å². The highest BCUT2D eigenvalue weighted by Crippen LogP contribution is 2.31. The maximum Gasteiger partial charge on any atom is 0.281 e. The molecule has 0 saturated carbocycles. The molecule has 1 amide bonds. The number of amides is 1. The van der Waals surface area contributed by atoms with Crippen LogP contribution in [0.5, 0.6) is 0 Å². The predicted molar refractivity (Wildman–Crippen MR) is 65.0 cm³/mol. The molecule has 1 aromatic heterocycles. The Labute approximate surface area is 104 Å². The highest BCUT2D eigenvalue weighted by molar-refractivity contribution is 6.00. The van der Waals surface area contributed by atoms with Crippen LogP contribution in [-0.4, -0.2) is 21.2 Å². The van der Waals surface area contributed by atoms with Gasteiger partial charge in [-0.3, -0.25) is 15.0 Å². The Morgan fingerprint density at radius 3 is 2.83 bits per heavy atom. The van der Waals surface area contributed by atoms with Crippen LogP contribution in [0, 0.1) is 0 Å². The van der Waals surface area contributed by atoms with Gasteiger partial charge in [0.2, 0.25) is 0 Å². The number of hydrogen-bond acceptors (Lipinski definition) is 4. The zero-order chi connectivity index (χ0) is 12.5. The third-order valence-corrected chi connectivity index (χ3v) is 2.90. The molecule has 1 aliphatic heterocycles. The summed E-state index contributed by atoms with van der Waals surface area (Å²) in [5, 5.41) is 13.7. The minimum Gasteiger partial charge on any atom is -0.359 e. The third-order valence-electron chi connectivity index (χ3n) is 2.90. The maximum absolute atomic E-state index is 12.0. The lowest BCUT2D eigenvalue weighted by Gasteiger charge is -2.33. The SMILES string of the molecule is O=C1c2ccccc2NC(c2cccnc2)N1O. The molecule has 1 unspecified atom stereocenters. The van der Waals surface area contributed by atoms with Gasteiger partial charge in [-0.2, -0.15) is 5.06 Å². The van der Waals surface area contributed by atoms with Crippen molar-refractivity contribution in [3.8, 4) is 0 Å². The van der Waals surface area contributed by atoms with Gasteiger partial charge in [0.05, 0.1) is 5.56 Å². The molecule has 0 radical (unpaired) electrons. The number of carbonyl (C=O) groups is 1. The van der Waals surface area contributed by atoms with Crippen molar-refractivity contribution in [2.75, 3.05) is 5.32 Å². The summed E-state index contributed by atoms with van der Waals surface area (Å²) < 4.78 is 0. The second kappa shape index (κ2) is 4.12. The fraction of sp³-hybridized carbons (Fsp3) is 0.0769. The molecule has 1 aliphatic rings. The first-order valence-corrected chi connectivity index (χ1v) is 5.55. The van der Waals surface area contributed by atoms with E-state index in [1.54, 1.807) is 36.7 Å². The van der Waals surface area contributed by atoms with Gasteiger partial charge in [-0.25, -0.2) is 0 Å². The van der Waals surface area contributed by atoms with Crippen molar-refractivity contribution < 1.29 is 10.0 Å². The molecule has 1 atom stereocenters. The Hall–Kier alpha value is -2.40. The molecule has 5 nitrogen and oxygen atoms in total. The summed E-state index contributed by atoms with van der Waals surface area (Å²) in [6, 6.07) is 10.6. The summed E-state index contributed by atoms with van der Waals surface area (Å²) in [4.78, 5) is 16.0. The van der Waals surface area contributed by atoms with Gasteiger partial charge >= 0.3 is 0 Å².